The Kier molecular flexibility index (Phi) is 9.39. The van der Waals surface area contributed by atoms with Crippen molar-refractivity contribution in [2.45, 2.75) is 18.6 Å². The summed E-state index contributed by atoms with van der Waals surface area (Å²) in [5, 5.41) is 18.7. The molecular weight excluding hydrogens is 535 g/mol. The number of amides is 4. The lowest BCUT2D eigenvalue weighted by Gasteiger charge is -2.18. The van der Waals surface area contributed by atoms with Crippen molar-refractivity contribution in [2.24, 2.45) is 0 Å². The Morgan fingerprint density at radius 1 is 1.22 bits per heavy atom. The minimum absolute atomic E-state index is 0.0580. The average Bonchev–Trinajstić information content (AvgIpc) is 3.50. The molecule has 2 atom stereocenters. The van der Waals surface area contributed by atoms with Crippen LogP contribution >= 0.6 is 35.0 Å². The highest BCUT2D eigenvalue weighted by molar-refractivity contribution is 8.14. The van der Waals surface area contributed by atoms with Crippen molar-refractivity contribution in [3.63, 3.8) is 0 Å². The van der Waals surface area contributed by atoms with E-state index in [1.165, 1.54) is 30.5 Å². The van der Waals surface area contributed by atoms with Gasteiger partial charge in [0.1, 0.15) is 17.8 Å². The number of benzene rings is 1. The molecule has 0 radical (unpaired) electrons. The zero-order valence-corrected chi connectivity index (χ0v) is 20.7. The van der Waals surface area contributed by atoms with E-state index in [4.69, 9.17) is 27.6 Å². The Balaban J connectivity index is 1.58. The SMILES string of the molecule is O=C(/C=C/c1ccco1)NCc1cc(Cl)c(C(=O)NC(CNC(=O)C2CSC(=O)N2)C(=O)O)c(Cl)c1. The predicted molar refractivity (Wildman–Crippen MR) is 133 cm³/mol. The average molecular weight is 555 g/mol. The number of halogens is 2. The number of carboxylic acid groups (broad SMARTS) is 1. The number of hydrogen-bond donors (Lipinski definition) is 5. The van der Waals surface area contributed by atoms with E-state index in [-0.39, 0.29) is 33.1 Å². The third-order valence-corrected chi connectivity index (χ3v) is 6.29. The smallest absolute Gasteiger partial charge is 0.328 e. The van der Waals surface area contributed by atoms with E-state index in [9.17, 15) is 29.1 Å². The second-order valence-electron chi connectivity index (χ2n) is 7.41. The molecule has 1 aliphatic rings. The number of carbonyl (C=O) groups excluding carboxylic acids is 4. The topological polar surface area (TPSA) is 167 Å². The van der Waals surface area contributed by atoms with Gasteiger partial charge >= 0.3 is 5.97 Å². The molecule has 3 rings (SSSR count). The number of hydrogen-bond acceptors (Lipinski definition) is 7. The number of thioether (sulfide) groups is 1. The van der Waals surface area contributed by atoms with Gasteiger partial charge in [-0.05, 0) is 35.9 Å². The van der Waals surface area contributed by atoms with Gasteiger partial charge in [-0.1, -0.05) is 35.0 Å². The number of rotatable bonds is 10. The molecule has 190 valence electrons. The molecule has 1 aromatic heterocycles. The molecule has 2 heterocycles. The molecule has 0 spiro atoms. The zero-order chi connectivity index (χ0) is 26.2. The largest absolute Gasteiger partial charge is 0.480 e. The summed E-state index contributed by atoms with van der Waals surface area (Å²) < 4.78 is 5.10. The van der Waals surface area contributed by atoms with E-state index >= 15 is 0 Å². The van der Waals surface area contributed by atoms with Crippen molar-refractivity contribution < 1.29 is 33.5 Å². The van der Waals surface area contributed by atoms with Crippen LogP contribution in [-0.2, 0) is 20.9 Å². The molecule has 2 unspecified atom stereocenters. The highest BCUT2D eigenvalue weighted by atomic mass is 35.5. The van der Waals surface area contributed by atoms with Crippen LogP contribution in [0.3, 0.4) is 0 Å². The maximum absolute atomic E-state index is 12.7. The Morgan fingerprint density at radius 3 is 2.53 bits per heavy atom. The summed E-state index contributed by atoms with van der Waals surface area (Å²) in [6, 6.07) is 3.92. The molecule has 5 N–H and O–H groups in total. The fraction of sp³-hybridized carbons (Fsp3) is 0.227. The Morgan fingerprint density at radius 2 is 1.94 bits per heavy atom. The quantitative estimate of drug-likeness (QED) is 0.278. The lowest BCUT2D eigenvalue weighted by Crippen LogP contribution is -2.51. The lowest BCUT2D eigenvalue weighted by molar-refractivity contribution is -0.139. The Hall–Kier alpha value is -3.48. The molecule has 36 heavy (non-hydrogen) atoms. The second kappa shape index (κ2) is 12.5. The fourth-order valence-corrected chi connectivity index (χ4v) is 4.50. The van der Waals surface area contributed by atoms with Crippen LogP contribution in [0.1, 0.15) is 21.7 Å². The standard InChI is InChI=1S/C22H20Cl2N4O7S/c23-13-6-11(8-25-17(29)4-3-12-2-1-5-35-12)7-14(24)18(13)20(31)27-15(21(32)33)9-26-19(30)16-10-36-22(34)28-16/h1-7,15-16H,8-10H2,(H,25,29)(H,26,30)(H,27,31)(H,28,34)(H,32,33)/b4-3+. The lowest BCUT2D eigenvalue weighted by atomic mass is 10.1. The molecule has 4 amide bonds. The first-order valence-electron chi connectivity index (χ1n) is 10.4. The van der Waals surface area contributed by atoms with Crippen LogP contribution in [0.2, 0.25) is 10.0 Å². The maximum Gasteiger partial charge on any atom is 0.328 e. The first kappa shape index (κ1) is 27.1. The van der Waals surface area contributed by atoms with Gasteiger partial charge < -0.3 is 30.8 Å². The van der Waals surface area contributed by atoms with Crippen LogP contribution in [-0.4, -0.2) is 58.4 Å². The van der Waals surface area contributed by atoms with Gasteiger partial charge in [-0.3, -0.25) is 19.2 Å². The zero-order valence-electron chi connectivity index (χ0n) is 18.4. The summed E-state index contributed by atoms with van der Waals surface area (Å²) in [6.45, 7) is -0.371. The number of aliphatic carboxylic acids is 1. The fourth-order valence-electron chi connectivity index (χ4n) is 3.02. The van der Waals surface area contributed by atoms with Crippen molar-refractivity contribution >= 4 is 70.0 Å². The summed E-state index contributed by atoms with van der Waals surface area (Å²) in [4.78, 5) is 59.6. The Labute approximate surface area is 218 Å². The van der Waals surface area contributed by atoms with Gasteiger partial charge in [0.2, 0.25) is 11.8 Å². The third-order valence-electron chi connectivity index (χ3n) is 4.81. The van der Waals surface area contributed by atoms with Gasteiger partial charge in [0.15, 0.2) is 0 Å². The van der Waals surface area contributed by atoms with Crippen molar-refractivity contribution in [2.75, 3.05) is 12.3 Å². The van der Waals surface area contributed by atoms with Crippen molar-refractivity contribution in [3.8, 4) is 0 Å². The van der Waals surface area contributed by atoms with Crippen molar-refractivity contribution in [3.05, 3.63) is 63.5 Å². The number of furan rings is 1. The van der Waals surface area contributed by atoms with Gasteiger partial charge in [0.25, 0.3) is 11.1 Å². The van der Waals surface area contributed by atoms with Gasteiger partial charge in [-0.2, -0.15) is 0 Å². The molecule has 1 fully saturated rings. The summed E-state index contributed by atoms with van der Waals surface area (Å²) in [5.74, 6) is -2.52. The van der Waals surface area contributed by atoms with Crippen LogP contribution in [0.5, 0.6) is 0 Å². The van der Waals surface area contributed by atoms with E-state index in [0.717, 1.165) is 11.8 Å². The van der Waals surface area contributed by atoms with Gasteiger partial charge in [0.05, 0.1) is 21.9 Å². The molecule has 0 aliphatic carbocycles. The van der Waals surface area contributed by atoms with E-state index < -0.39 is 42.3 Å². The van der Waals surface area contributed by atoms with E-state index in [0.29, 0.717) is 11.3 Å². The summed E-state index contributed by atoms with van der Waals surface area (Å²) in [7, 11) is 0. The van der Waals surface area contributed by atoms with Crippen LogP contribution in [0, 0.1) is 0 Å². The summed E-state index contributed by atoms with van der Waals surface area (Å²) in [5.41, 5.74) is 0.336. The molecule has 2 aromatic rings. The van der Waals surface area contributed by atoms with Crippen LogP contribution in [0.4, 0.5) is 4.79 Å². The maximum atomic E-state index is 12.7. The second-order valence-corrected chi connectivity index (χ2v) is 9.21. The molecule has 11 nitrogen and oxygen atoms in total. The van der Waals surface area contributed by atoms with E-state index in [2.05, 4.69) is 21.3 Å². The van der Waals surface area contributed by atoms with E-state index in [1.807, 2.05) is 0 Å². The summed E-state index contributed by atoms with van der Waals surface area (Å²) >= 11 is 13.4. The van der Waals surface area contributed by atoms with Crippen molar-refractivity contribution in [1.29, 1.82) is 0 Å². The highest BCUT2D eigenvalue weighted by Crippen LogP contribution is 2.27. The van der Waals surface area contributed by atoms with Gasteiger partial charge in [-0.15, -0.1) is 0 Å². The summed E-state index contributed by atoms with van der Waals surface area (Å²) in [6.07, 6.45) is 4.26. The molecular formula is C22H20Cl2N4O7S. The number of carboxylic acids is 1. The van der Waals surface area contributed by atoms with Crippen molar-refractivity contribution in [1.82, 2.24) is 21.3 Å². The number of carbonyl (C=O) groups is 5. The molecule has 0 saturated carbocycles. The first-order valence-corrected chi connectivity index (χ1v) is 12.1. The third kappa shape index (κ3) is 7.51. The van der Waals surface area contributed by atoms with Crippen LogP contribution in [0.15, 0.2) is 41.0 Å². The minimum atomic E-state index is -1.49. The number of nitrogens with one attached hydrogen (secondary N) is 4. The monoisotopic (exact) mass is 554 g/mol. The predicted octanol–water partition coefficient (Wildman–Crippen LogP) is 2.04. The van der Waals surface area contributed by atoms with Gasteiger partial charge in [-0.25, -0.2) is 4.79 Å². The molecule has 1 saturated heterocycles. The molecule has 0 bridgehead atoms. The molecule has 1 aromatic carbocycles. The van der Waals surface area contributed by atoms with Gasteiger partial charge in [0, 0.05) is 24.9 Å². The van der Waals surface area contributed by atoms with Crippen LogP contribution in [0.25, 0.3) is 6.08 Å². The molecule has 14 heteroatoms. The first-order chi connectivity index (χ1) is 17.1. The minimum Gasteiger partial charge on any atom is -0.480 e. The normalized spacial score (nSPS) is 15.8. The molecule has 1 aliphatic heterocycles. The Bertz CT molecular complexity index is 1180. The highest BCUT2D eigenvalue weighted by Gasteiger charge is 2.30. The van der Waals surface area contributed by atoms with Crippen LogP contribution < -0.4 is 21.3 Å². The van der Waals surface area contributed by atoms with E-state index in [1.54, 1.807) is 12.1 Å².